The van der Waals surface area contributed by atoms with Crippen molar-refractivity contribution in [2.45, 2.75) is 38.8 Å². The van der Waals surface area contributed by atoms with Gasteiger partial charge in [-0.05, 0) is 55.2 Å². The van der Waals surface area contributed by atoms with Crippen LogP contribution in [0.2, 0.25) is 0 Å². The number of rotatable bonds is 5. The number of pyridine rings is 1. The Morgan fingerprint density at radius 2 is 1.73 bits per heavy atom. The van der Waals surface area contributed by atoms with Crippen LogP contribution in [0.25, 0.3) is 0 Å². The fraction of sp³-hybridized carbons (Fsp3) is 0.353. The first-order chi connectivity index (χ1) is 10.3. The van der Waals surface area contributed by atoms with Crippen LogP contribution < -0.4 is 5.32 Å². The van der Waals surface area contributed by atoms with Crippen molar-refractivity contribution in [2.24, 2.45) is 0 Å². The van der Waals surface area contributed by atoms with Crippen molar-refractivity contribution >= 4 is 9.84 Å². The van der Waals surface area contributed by atoms with E-state index in [1.165, 1.54) is 28.5 Å². The van der Waals surface area contributed by atoms with Crippen LogP contribution in [0.15, 0.2) is 35.4 Å². The molecule has 2 aromatic rings. The van der Waals surface area contributed by atoms with Crippen molar-refractivity contribution in [2.75, 3.05) is 6.26 Å². The van der Waals surface area contributed by atoms with Gasteiger partial charge in [0.15, 0.2) is 9.84 Å². The van der Waals surface area contributed by atoms with E-state index in [0.717, 1.165) is 0 Å². The quantitative estimate of drug-likeness (QED) is 0.921. The van der Waals surface area contributed by atoms with E-state index in [9.17, 15) is 8.42 Å². The van der Waals surface area contributed by atoms with Crippen LogP contribution in [0.5, 0.6) is 0 Å². The minimum Gasteiger partial charge on any atom is -0.307 e. The summed E-state index contributed by atoms with van der Waals surface area (Å²) in [5.41, 5.74) is 5.56. The lowest BCUT2D eigenvalue weighted by molar-refractivity contribution is 0.596. The first kappa shape index (κ1) is 16.6. The molecule has 0 radical (unpaired) electrons. The van der Waals surface area contributed by atoms with Crippen LogP contribution in [0, 0.1) is 20.8 Å². The van der Waals surface area contributed by atoms with Crippen molar-refractivity contribution < 1.29 is 8.42 Å². The maximum absolute atomic E-state index is 11.8. The fourth-order valence-electron chi connectivity index (χ4n) is 2.42. The van der Waals surface area contributed by atoms with Gasteiger partial charge in [-0.25, -0.2) is 8.42 Å². The van der Waals surface area contributed by atoms with E-state index in [1.807, 2.05) is 0 Å². The number of aromatic nitrogens is 1. The third-order valence-electron chi connectivity index (χ3n) is 3.81. The summed E-state index contributed by atoms with van der Waals surface area (Å²) in [5.74, 6) is 0. The Kier molecular flexibility index (Phi) is 4.98. The van der Waals surface area contributed by atoms with Crippen molar-refractivity contribution in [3.63, 3.8) is 0 Å². The molecular formula is C17H22N2O2S. The molecule has 4 nitrogen and oxygen atoms in total. The molecule has 1 heterocycles. The van der Waals surface area contributed by atoms with Gasteiger partial charge in [0.2, 0.25) is 0 Å². The number of hydrogen-bond donors (Lipinski definition) is 1. The summed E-state index contributed by atoms with van der Waals surface area (Å²) in [6.07, 6.45) is 2.83. The molecule has 0 spiro atoms. The zero-order chi connectivity index (χ0) is 16.3. The molecule has 0 aliphatic heterocycles. The summed E-state index contributed by atoms with van der Waals surface area (Å²) in [6, 6.07) is 7.59. The van der Waals surface area contributed by atoms with Crippen molar-refractivity contribution in [3.8, 4) is 0 Å². The van der Waals surface area contributed by atoms with Gasteiger partial charge in [0.25, 0.3) is 0 Å². The Balaban J connectivity index is 2.11. The Labute approximate surface area is 132 Å². The highest BCUT2D eigenvalue weighted by molar-refractivity contribution is 7.90. The molecule has 22 heavy (non-hydrogen) atoms. The van der Waals surface area contributed by atoms with E-state index in [0.29, 0.717) is 23.7 Å². The average molecular weight is 318 g/mol. The molecule has 0 saturated carbocycles. The fourth-order valence-corrected chi connectivity index (χ4v) is 3.30. The molecule has 1 N–H and O–H groups in total. The van der Waals surface area contributed by atoms with Gasteiger partial charge in [-0.1, -0.05) is 12.1 Å². The topological polar surface area (TPSA) is 59.1 Å². The number of nitrogens with zero attached hydrogens (tertiary/aromatic N) is 1. The molecule has 0 atom stereocenters. The summed E-state index contributed by atoms with van der Waals surface area (Å²) >= 11 is 0. The molecule has 118 valence electrons. The van der Waals surface area contributed by atoms with Gasteiger partial charge in [-0.15, -0.1) is 0 Å². The third kappa shape index (κ3) is 3.93. The van der Waals surface area contributed by atoms with Crippen LogP contribution in [0.1, 0.15) is 27.9 Å². The second-order valence-electron chi connectivity index (χ2n) is 5.69. The minimum absolute atomic E-state index is 0.291. The summed E-state index contributed by atoms with van der Waals surface area (Å²) in [5, 5.41) is 3.29. The van der Waals surface area contributed by atoms with E-state index in [-0.39, 0.29) is 0 Å². The monoisotopic (exact) mass is 318 g/mol. The van der Waals surface area contributed by atoms with Crippen molar-refractivity contribution in [1.29, 1.82) is 0 Å². The van der Waals surface area contributed by atoms with E-state index in [2.05, 4.69) is 43.2 Å². The lowest BCUT2D eigenvalue weighted by atomic mass is 10.0. The molecule has 1 aromatic heterocycles. The van der Waals surface area contributed by atoms with Crippen LogP contribution in [0.4, 0.5) is 0 Å². The Morgan fingerprint density at radius 3 is 2.41 bits per heavy atom. The number of benzene rings is 1. The van der Waals surface area contributed by atoms with Gasteiger partial charge in [0.1, 0.15) is 0 Å². The molecule has 0 unspecified atom stereocenters. The molecule has 0 saturated heterocycles. The SMILES string of the molecule is Cc1cc(C)c(CNCc2ncccc2S(C)(=O)=O)cc1C. The Hall–Kier alpha value is -1.72. The highest BCUT2D eigenvalue weighted by Crippen LogP contribution is 2.16. The predicted molar refractivity (Wildman–Crippen MR) is 88.5 cm³/mol. The maximum Gasteiger partial charge on any atom is 0.177 e. The normalized spacial score (nSPS) is 11.6. The standard InChI is InChI=1S/C17H22N2O2S/c1-12-8-14(3)15(9-13(12)2)10-18-11-16-17(22(4,20)21)6-5-7-19-16/h5-9,18H,10-11H2,1-4H3. The number of nitrogens with one attached hydrogen (secondary N) is 1. The summed E-state index contributed by atoms with van der Waals surface area (Å²) in [6.45, 7) is 7.40. The lowest BCUT2D eigenvalue weighted by Crippen LogP contribution is -2.17. The van der Waals surface area contributed by atoms with Crippen LogP contribution in [0.3, 0.4) is 0 Å². The molecule has 0 fully saturated rings. The largest absolute Gasteiger partial charge is 0.307 e. The molecular weight excluding hydrogens is 296 g/mol. The minimum atomic E-state index is -3.25. The van der Waals surface area contributed by atoms with Gasteiger partial charge in [0.05, 0.1) is 10.6 Å². The van der Waals surface area contributed by atoms with Gasteiger partial charge in [-0.2, -0.15) is 0 Å². The van der Waals surface area contributed by atoms with Gasteiger partial charge in [-0.3, -0.25) is 4.98 Å². The zero-order valence-corrected chi connectivity index (χ0v) is 14.3. The third-order valence-corrected chi connectivity index (χ3v) is 4.98. The molecule has 0 amide bonds. The van der Waals surface area contributed by atoms with Crippen LogP contribution >= 0.6 is 0 Å². The molecule has 0 bridgehead atoms. The molecule has 5 heteroatoms. The summed E-state index contributed by atoms with van der Waals surface area (Å²) in [7, 11) is -3.25. The molecule has 0 aliphatic carbocycles. The van der Waals surface area contributed by atoms with Gasteiger partial charge >= 0.3 is 0 Å². The van der Waals surface area contributed by atoms with Crippen LogP contribution in [-0.4, -0.2) is 19.7 Å². The number of sulfone groups is 1. The highest BCUT2D eigenvalue weighted by Gasteiger charge is 2.13. The first-order valence-electron chi connectivity index (χ1n) is 7.20. The first-order valence-corrected chi connectivity index (χ1v) is 9.09. The molecule has 1 aromatic carbocycles. The summed E-state index contributed by atoms with van der Waals surface area (Å²) < 4.78 is 23.5. The average Bonchev–Trinajstić information content (AvgIpc) is 2.44. The smallest absolute Gasteiger partial charge is 0.177 e. The molecule has 0 aliphatic rings. The van der Waals surface area contributed by atoms with Gasteiger partial charge < -0.3 is 5.32 Å². The number of aryl methyl sites for hydroxylation is 3. The zero-order valence-electron chi connectivity index (χ0n) is 13.5. The molecule has 2 rings (SSSR count). The second-order valence-corrected chi connectivity index (χ2v) is 7.67. The maximum atomic E-state index is 11.8. The number of hydrogen-bond acceptors (Lipinski definition) is 4. The van der Waals surface area contributed by atoms with E-state index >= 15 is 0 Å². The summed E-state index contributed by atoms with van der Waals surface area (Å²) in [4.78, 5) is 4.48. The lowest BCUT2D eigenvalue weighted by Gasteiger charge is -2.12. The van der Waals surface area contributed by atoms with E-state index in [4.69, 9.17) is 0 Å². The Morgan fingerprint density at radius 1 is 1.05 bits per heavy atom. The van der Waals surface area contributed by atoms with E-state index < -0.39 is 9.84 Å². The Bertz CT molecular complexity index is 783. The highest BCUT2D eigenvalue weighted by atomic mass is 32.2. The van der Waals surface area contributed by atoms with Gasteiger partial charge in [0, 0.05) is 25.5 Å². The predicted octanol–water partition coefficient (Wildman–Crippen LogP) is 2.70. The second kappa shape index (κ2) is 6.58. The van der Waals surface area contributed by atoms with Crippen LogP contribution in [-0.2, 0) is 22.9 Å². The van der Waals surface area contributed by atoms with Crippen molar-refractivity contribution in [3.05, 3.63) is 58.4 Å². The van der Waals surface area contributed by atoms with E-state index in [1.54, 1.807) is 18.3 Å². The van der Waals surface area contributed by atoms with Crippen molar-refractivity contribution in [1.82, 2.24) is 10.3 Å².